The molecule has 118 valence electrons. The molecule has 0 saturated carbocycles. The molecule has 1 fully saturated rings. The molecule has 0 amide bonds. The van der Waals surface area contributed by atoms with Crippen molar-refractivity contribution in [2.45, 2.75) is 12.5 Å². The fourth-order valence-corrected chi connectivity index (χ4v) is 2.57. The molecule has 1 heterocycles. The van der Waals surface area contributed by atoms with E-state index in [1.54, 1.807) is 0 Å². The van der Waals surface area contributed by atoms with Gasteiger partial charge in [0.15, 0.2) is 0 Å². The summed E-state index contributed by atoms with van der Waals surface area (Å²) in [4.78, 5) is 12.5. The Balaban J connectivity index is 0.00000220. The number of nitrogens with zero attached hydrogens (tertiary/aromatic N) is 2. The molecule has 8 heteroatoms. The summed E-state index contributed by atoms with van der Waals surface area (Å²) in [7, 11) is 0. The monoisotopic (exact) mass is 317 g/mol. The molecule has 1 aromatic rings. The molecule has 1 atom stereocenters. The normalized spacial score (nSPS) is 17.0. The maximum Gasteiger partial charge on any atom is 0.270 e. The van der Waals surface area contributed by atoms with E-state index >= 15 is 0 Å². The molecule has 3 N–H and O–H groups in total. The van der Waals surface area contributed by atoms with E-state index in [0.29, 0.717) is 12.0 Å². The van der Waals surface area contributed by atoms with E-state index in [-0.39, 0.29) is 36.5 Å². The van der Waals surface area contributed by atoms with Crippen LogP contribution >= 0.6 is 12.4 Å². The highest BCUT2D eigenvalue weighted by Gasteiger charge is 2.25. The number of aliphatic hydroxyl groups excluding tert-OH is 1. The summed E-state index contributed by atoms with van der Waals surface area (Å²) in [6.07, 6.45) is 0.439. The maximum absolute atomic E-state index is 10.9. The summed E-state index contributed by atoms with van der Waals surface area (Å²) in [5.74, 6) is 0.0348. The molecule has 2 rings (SSSR count). The Hall–Kier alpha value is -1.41. The number of hydrogen-bond acceptors (Lipinski definition) is 6. The Kier molecular flexibility index (Phi) is 6.83. The van der Waals surface area contributed by atoms with Gasteiger partial charge >= 0.3 is 0 Å². The Morgan fingerprint density at radius 1 is 1.38 bits per heavy atom. The first kappa shape index (κ1) is 17.6. The van der Waals surface area contributed by atoms with Crippen molar-refractivity contribution in [1.82, 2.24) is 10.2 Å². The smallest absolute Gasteiger partial charge is 0.270 e. The highest BCUT2D eigenvalue weighted by Crippen LogP contribution is 2.34. The molecule has 1 aliphatic heterocycles. The second kappa shape index (κ2) is 8.14. The van der Waals surface area contributed by atoms with Crippen molar-refractivity contribution in [2.75, 3.05) is 32.8 Å². The van der Waals surface area contributed by atoms with Crippen molar-refractivity contribution >= 4 is 18.1 Å². The first-order chi connectivity index (χ1) is 9.63. The minimum Gasteiger partial charge on any atom is -0.508 e. The lowest BCUT2D eigenvalue weighted by atomic mass is 9.99. The van der Waals surface area contributed by atoms with Gasteiger partial charge in [-0.15, -0.1) is 12.4 Å². The van der Waals surface area contributed by atoms with Gasteiger partial charge in [-0.05, 0) is 12.5 Å². The first-order valence-electron chi connectivity index (χ1n) is 6.66. The number of nitrogens with one attached hydrogen (secondary N) is 1. The van der Waals surface area contributed by atoms with Gasteiger partial charge < -0.3 is 15.5 Å². The van der Waals surface area contributed by atoms with Crippen LogP contribution in [-0.4, -0.2) is 52.8 Å². The van der Waals surface area contributed by atoms with Crippen LogP contribution < -0.4 is 5.32 Å². The van der Waals surface area contributed by atoms with Gasteiger partial charge in [0.2, 0.25) is 0 Å². The van der Waals surface area contributed by atoms with Crippen LogP contribution in [0.15, 0.2) is 18.2 Å². The standard InChI is InChI=1S/C13H19N3O4.ClH/c17-8-3-12(15-6-4-14-5-7-15)11-9-10(16(19)20)1-2-13(11)18;/h1-2,9,12,14,17-18H,3-8H2;1H/t12-;/m1./s1. The second-order valence-electron chi connectivity index (χ2n) is 4.81. The molecule has 0 aromatic heterocycles. The Morgan fingerprint density at radius 2 is 2.05 bits per heavy atom. The van der Waals surface area contributed by atoms with Gasteiger partial charge in [0.1, 0.15) is 5.75 Å². The van der Waals surface area contributed by atoms with Crippen molar-refractivity contribution in [1.29, 1.82) is 0 Å². The Morgan fingerprint density at radius 3 is 2.62 bits per heavy atom. The largest absolute Gasteiger partial charge is 0.508 e. The molecule has 0 bridgehead atoms. The number of nitro benzene ring substituents is 1. The third-order valence-electron chi connectivity index (χ3n) is 3.58. The molecule has 0 aliphatic carbocycles. The van der Waals surface area contributed by atoms with E-state index in [0.717, 1.165) is 26.2 Å². The van der Waals surface area contributed by atoms with Crippen LogP contribution in [0.3, 0.4) is 0 Å². The van der Waals surface area contributed by atoms with E-state index < -0.39 is 4.92 Å². The summed E-state index contributed by atoms with van der Waals surface area (Å²) in [5, 5.41) is 33.3. The van der Waals surface area contributed by atoms with Gasteiger partial charge in [-0.3, -0.25) is 15.0 Å². The van der Waals surface area contributed by atoms with E-state index in [1.165, 1.54) is 18.2 Å². The zero-order valence-corrected chi connectivity index (χ0v) is 12.4. The summed E-state index contributed by atoms with van der Waals surface area (Å²) < 4.78 is 0. The molecular formula is C13H20ClN3O4. The number of phenolic OH excluding ortho intramolecular Hbond substituents is 1. The van der Waals surface area contributed by atoms with Gasteiger partial charge in [0.25, 0.3) is 5.69 Å². The SMILES string of the molecule is Cl.O=[N+]([O-])c1ccc(O)c([C@@H](CCO)N2CCNCC2)c1. The van der Waals surface area contributed by atoms with Crippen LogP contribution in [0.5, 0.6) is 5.75 Å². The summed E-state index contributed by atoms with van der Waals surface area (Å²) in [6.45, 7) is 3.20. The topological polar surface area (TPSA) is 98.9 Å². The number of aromatic hydroxyl groups is 1. The van der Waals surface area contributed by atoms with Crippen LogP contribution in [0, 0.1) is 10.1 Å². The predicted octanol–water partition coefficient (Wildman–Crippen LogP) is 1.05. The van der Waals surface area contributed by atoms with Crippen LogP contribution in [0.2, 0.25) is 0 Å². The van der Waals surface area contributed by atoms with E-state index in [2.05, 4.69) is 10.2 Å². The van der Waals surface area contributed by atoms with Crippen molar-refractivity contribution in [2.24, 2.45) is 0 Å². The molecule has 0 spiro atoms. The number of piperazine rings is 1. The number of halogens is 1. The number of benzene rings is 1. The van der Waals surface area contributed by atoms with Gasteiger partial charge in [-0.1, -0.05) is 0 Å². The molecule has 1 saturated heterocycles. The third kappa shape index (κ3) is 4.28. The van der Waals surface area contributed by atoms with E-state index in [4.69, 9.17) is 0 Å². The second-order valence-corrected chi connectivity index (χ2v) is 4.81. The molecule has 7 nitrogen and oxygen atoms in total. The number of non-ortho nitro benzene ring substituents is 1. The van der Waals surface area contributed by atoms with Gasteiger partial charge in [-0.25, -0.2) is 0 Å². The number of nitro groups is 1. The van der Waals surface area contributed by atoms with E-state index in [9.17, 15) is 20.3 Å². The number of aliphatic hydroxyl groups is 1. The number of rotatable bonds is 5. The quantitative estimate of drug-likeness (QED) is 0.554. The average Bonchev–Trinajstić information content (AvgIpc) is 2.46. The predicted molar refractivity (Wildman–Crippen MR) is 80.9 cm³/mol. The summed E-state index contributed by atoms with van der Waals surface area (Å²) in [5.41, 5.74) is 0.464. The average molecular weight is 318 g/mol. The molecule has 1 aliphatic rings. The lowest BCUT2D eigenvalue weighted by molar-refractivity contribution is -0.385. The zero-order chi connectivity index (χ0) is 14.5. The van der Waals surface area contributed by atoms with Crippen molar-refractivity contribution in [3.8, 4) is 5.75 Å². The van der Waals surface area contributed by atoms with Gasteiger partial charge in [0.05, 0.1) is 4.92 Å². The molecule has 0 unspecified atom stereocenters. The molecule has 1 aromatic carbocycles. The summed E-state index contributed by atoms with van der Waals surface area (Å²) >= 11 is 0. The van der Waals surface area contributed by atoms with Crippen molar-refractivity contribution < 1.29 is 15.1 Å². The number of phenols is 1. The fraction of sp³-hybridized carbons (Fsp3) is 0.538. The van der Waals surface area contributed by atoms with Gasteiger partial charge in [0, 0.05) is 56.5 Å². The Bertz CT molecular complexity index is 480. The van der Waals surface area contributed by atoms with Crippen LogP contribution in [0.4, 0.5) is 5.69 Å². The van der Waals surface area contributed by atoms with Crippen molar-refractivity contribution in [3.05, 3.63) is 33.9 Å². The lowest BCUT2D eigenvalue weighted by Crippen LogP contribution is -2.45. The first-order valence-corrected chi connectivity index (χ1v) is 6.66. The minimum absolute atomic E-state index is 0. The molecule has 0 radical (unpaired) electrons. The fourth-order valence-electron chi connectivity index (χ4n) is 2.57. The third-order valence-corrected chi connectivity index (χ3v) is 3.58. The van der Waals surface area contributed by atoms with Crippen LogP contribution in [0.25, 0.3) is 0 Å². The van der Waals surface area contributed by atoms with Crippen LogP contribution in [-0.2, 0) is 0 Å². The highest BCUT2D eigenvalue weighted by atomic mass is 35.5. The summed E-state index contributed by atoms with van der Waals surface area (Å²) in [6, 6.07) is 3.83. The lowest BCUT2D eigenvalue weighted by Gasteiger charge is -2.35. The molecule has 21 heavy (non-hydrogen) atoms. The van der Waals surface area contributed by atoms with Crippen LogP contribution in [0.1, 0.15) is 18.0 Å². The maximum atomic E-state index is 10.9. The number of hydrogen-bond donors (Lipinski definition) is 3. The molecular weight excluding hydrogens is 298 g/mol. The van der Waals surface area contributed by atoms with E-state index in [1.807, 2.05) is 0 Å². The zero-order valence-electron chi connectivity index (χ0n) is 11.6. The Labute approximate surface area is 129 Å². The van der Waals surface area contributed by atoms with Crippen molar-refractivity contribution in [3.63, 3.8) is 0 Å². The highest BCUT2D eigenvalue weighted by molar-refractivity contribution is 5.85. The minimum atomic E-state index is -0.475. The van der Waals surface area contributed by atoms with Gasteiger partial charge in [-0.2, -0.15) is 0 Å².